The Morgan fingerprint density at radius 3 is 1.67 bits per heavy atom. The normalized spacial score (nSPS) is 12.5. The molecule has 1 nitrogen and oxygen atoms in total. The van der Waals surface area contributed by atoms with Crippen LogP contribution in [0.3, 0.4) is 0 Å². The highest BCUT2D eigenvalue weighted by Gasteiger charge is 2.18. The quantitative estimate of drug-likeness (QED) is 0.198. The Balaban J connectivity index is 1.14. The average Bonchev–Trinajstić information content (AvgIpc) is 3.40. The summed E-state index contributed by atoms with van der Waals surface area (Å²) in [4.78, 5) is 0. The Kier molecular flexibility index (Phi) is 6.61. The maximum Gasteiger partial charge on any atom is 0.136 e. The monoisotopic (exact) mass is 606 g/mol. The Hall–Kier alpha value is -5.31. The van der Waals surface area contributed by atoms with Gasteiger partial charge < -0.3 is 4.42 Å². The van der Waals surface area contributed by atoms with Gasteiger partial charge in [0.15, 0.2) is 0 Å². The molecular formula is C44H30OS. The van der Waals surface area contributed by atoms with Crippen molar-refractivity contribution >= 4 is 33.7 Å². The van der Waals surface area contributed by atoms with Gasteiger partial charge in [0.1, 0.15) is 11.2 Å². The first-order valence-corrected chi connectivity index (χ1v) is 16.9. The zero-order chi connectivity index (χ0) is 30.5. The smallest absolute Gasteiger partial charge is 0.136 e. The molecule has 1 aliphatic heterocycles. The maximum atomic E-state index is 6.22. The van der Waals surface area contributed by atoms with Crippen LogP contribution in [0.2, 0.25) is 0 Å². The largest absolute Gasteiger partial charge is 0.456 e. The van der Waals surface area contributed by atoms with Crippen LogP contribution < -0.4 is 0 Å². The fraction of sp³-hybridized carbons (Fsp3) is 0.0455. The van der Waals surface area contributed by atoms with Crippen molar-refractivity contribution in [3.05, 3.63) is 169 Å². The lowest BCUT2D eigenvalue weighted by Gasteiger charge is -2.15. The molecule has 7 aromatic carbocycles. The number of furan rings is 1. The number of para-hydroxylation sites is 1. The fourth-order valence-corrected chi connectivity index (χ4v) is 7.89. The summed E-state index contributed by atoms with van der Waals surface area (Å²) in [6.07, 6.45) is 0. The van der Waals surface area contributed by atoms with Crippen molar-refractivity contribution in [1.82, 2.24) is 0 Å². The summed E-state index contributed by atoms with van der Waals surface area (Å²) in [5.41, 5.74) is 17.1. The second kappa shape index (κ2) is 11.2. The van der Waals surface area contributed by atoms with E-state index >= 15 is 0 Å². The Morgan fingerprint density at radius 2 is 0.913 bits per heavy atom. The Bertz CT molecular complexity index is 2330. The molecule has 0 saturated carbocycles. The molecule has 1 aromatic heterocycles. The average molecular weight is 607 g/mol. The van der Waals surface area contributed by atoms with Crippen molar-refractivity contribution in [2.75, 3.05) is 0 Å². The molecule has 0 aliphatic carbocycles. The first kappa shape index (κ1) is 27.0. The summed E-state index contributed by atoms with van der Waals surface area (Å²) < 4.78 is 6.22. The Labute approximate surface area is 273 Å². The maximum absolute atomic E-state index is 6.22. The third-order valence-electron chi connectivity index (χ3n) is 9.21. The number of hydrogen-bond donors (Lipinski definition) is 0. The molecule has 9 rings (SSSR count). The lowest BCUT2D eigenvalue weighted by atomic mass is 9.89. The number of fused-ring (bicyclic) bond motifs is 6. The topological polar surface area (TPSA) is 13.1 Å². The molecule has 0 bridgehead atoms. The first-order valence-electron chi connectivity index (χ1n) is 15.8. The van der Waals surface area contributed by atoms with Crippen LogP contribution in [0.25, 0.3) is 77.6 Å². The lowest BCUT2D eigenvalue weighted by molar-refractivity contribution is 0.669. The van der Waals surface area contributed by atoms with Crippen LogP contribution in [0.4, 0.5) is 0 Å². The molecule has 46 heavy (non-hydrogen) atoms. The van der Waals surface area contributed by atoms with E-state index in [1.807, 2.05) is 23.9 Å². The molecule has 0 atom stereocenters. The fourth-order valence-electron chi connectivity index (χ4n) is 6.85. The summed E-state index contributed by atoms with van der Waals surface area (Å²) in [5, 5.41) is 2.33. The van der Waals surface area contributed by atoms with Gasteiger partial charge in [-0.3, -0.25) is 0 Å². The number of thioether (sulfide) groups is 1. The second-order valence-electron chi connectivity index (χ2n) is 12.1. The molecular weight excluding hydrogens is 577 g/mol. The zero-order valence-corrected chi connectivity index (χ0v) is 26.1. The van der Waals surface area contributed by atoms with Crippen LogP contribution in [-0.2, 0) is 11.5 Å². The van der Waals surface area contributed by atoms with Gasteiger partial charge in [0.05, 0.1) is 0 Å². The summed E-state index contributed by atoms with van der Waals surface area (Å²) in [5.74, 6) is 1.99. The molecule has 0 radical (unpaired) electrons. The minimum Gasteiger partial charge on any atom is -0.456 e. The van der Waals surface area contributed by atoms with Crippen LogP contribution >= 0.6 is 11.8 Å². The van der Waals surface area contributed by atoms with Crippen LogP contribution in [0, 0.1) is 0 Å². The zero-order valence-electron chi connectivity index (χ0n) is 25.2. The van der Waals surface area contributed by atoms with Crippen molar-refractivity contribution in [2.45, 2.75) is 11.5 Å². The highest BCUT2D eigenvalue weighted by molar-refractivity contribution is 7.97. The molecule has 218 valence electrons. The predicted octanol–water partition coefficient (Wildman–Crippen LogP) is 12.7. The summed E-state index contributed by atoms with van der Waals surface area (Å²) in [6.45, 7) is 0. The second-order valence-corrected chi connectivity index (χ2v) is 13.1. The van der Waals surface area contributed by atoms with E-state index in [4.69, 9.17) is 4.42 Å². The van der Waals surface area contributed by atoms with E-state index in [1.165, 1.54) is 72.1 Å². The van der Waals surface area contributed by atoms with Gasteiger partial charge >= 0.3 is 0 Å². The van der Waals surface area contributed by atoms with Crippen LogP contribution in [0.15, 0.2) is 162 Å². The molecule has 2 heteroatoms. The first-order chi connectivity index (χ1) is 22.8. The van der Waals surface area contributed by atoms with Crippen LogP contribution in [0.5, 0.6) is 0 Å². The summed E-state index contributed by atoms with van der Waals surface area (Å²) >= 11 is 1.99. The standard InChI is InChI=1S/C44H30OS/c1-3-9-29(10-4-1)35-22-36(30-11-5-2-6-12-30)24-37(23-35)32-15-16-34-27-46-28-38-21-31(17-19-39(38)42(34)25-32)33-18-20-41-40-13-7-8-14-43(40)45-44(41)26-33/h1-26H,27-28H2. The van der Waals surface area contributed by atoms with E-state index in [0.717, 1.165) is 28.1 Å². The van der Waals surface area contributed by atoms with Crippen molar-refractivity contribution < 1.29 is 4.42 Å². The van der Waals surface area contributed by atoms with Gasteiger partial charge in [0.2, 0.25) is 0 Å². The lowest BCUT2D eigenvalue weighted by Crippen LogP contribution is -1.92. The molecule has 0 N–H and O–H groups in total. The van der Waals surface area contributed by atoms with Gasteiger partial charge in [-0.2, -0.15) is 11.8 Å². The van der Waals surface area contributed by atoms with Crippen molar-refractivity contribution in [3.8, 4) is 55.6 Å². The molecule has 0 amide bonds. The number of hydrogen-bond acceptors (Lipinski definition) is 2. The molecule has 0 fully saturated rings. The molecule has 0 saturated heterocycles. The number of rotatable bonds is 4. The van der Waals surface area contributed by atoms with Crippen molar-refractivity contribution in [1.29, 1.82) is 0 Å². The van der Waals surface area contributed by atoms with E-state index in [1.54, 1.807) is 0 Å². The van der Waals surface area contributed by atoms with Gasteiger partial charge in [-0.25, -0.2) is 0 Å². The molecule has 0 unspecified atom stereocenters. The van der Waals surface area contributed by atoms with Gasteiger partial charge in [0, 0.05) is 22.3 Å². The van der Waals surface area contributed by atoms with Gasteiger partial charge in [-0.1, -0.05) is 109 Å². The predicted molar refractivity (Wildman–Crippen MR) is 196 cm³/mol. The van der Waals surface area contributed by atoms with Gasteiger partial charge in [-0.05, 0) is 115 Å². The third kappa shape index (κ3) is 4.83. The van der Waals surface area contributed by atoms with E-state index in [0.29, 0.717) is 0 Å². The molecule has 1 aliphatic rings. The van der Waals surface area contributed by atoms with E-state index in [2.05, 4.69) is 146 Å². The van der Waals surface area contributed by atoms with E-state index in [-0.39, 0.29) is 0 Å². The Morgan fingerprint density at radius 1 is 0.348 bits per heavy atom. The van der Waals surface area contributed by atoms with Gasteiger partial charge in [0.25, 0.3) is 0 Å². The highest BCUT2D eigenvalue weighted by Crippen LogP contribution is 2.42. The SMILES string of the molecule is c1ccc(-c2cc(-c3ccccc3)cc(-c3ccc4c(c3)-c3ccc(-c5ccc6c(c5)oc5ccccc56)cc3CSC4)c2)cc1. The molecule has 2 heterocycles. The van der Waals surface area contributed by atoms with Crippen molar-refractivity contribution in [3.63, 3.8) is 0 Å². The van der Waals surface area contributed by atoms with E-state index < -0.39 is 0 Å². The number of benzene rings is 7. The van der Waals surface area contributed by atoms with Crippen LogP contribution in [-0.4, -0.2) is 0 Å². The summed E-state index contributed by atoms with van der Waals surface area (Å²) in [7, 11) is 0. The molecule has 8 aromatic rings. The highest BCUT2D eigenvalue weighted by atomic mass is 32.2. The van der Waals surface area contributed by atoms with Crippen molar-refractivity contribution in [2.24, 2.45) is 0 Å². The summed E-state index contributed by atoms with van der Waals surface area (Å²) in [6, 6.07) is 57.3. The minimum absolute atomic E-state index is 0.936. The van der Waals surface area contributed by atoms with Crippen LogP contribution in [0.1, 0.15) is 11.1 Å². The van der Waals surface area contributed by atoms with E-state index in [9.17, 15) is 0 Å². The third-order valence-corrected chi connectivity index (χ3v) is 10.2. The van der Waals surface area contributed by atoms with Gasteiger partial charge in [-0.15, -0.1) is 0 Å². The molecule has 0 spiro atoms. The minimum atomic E-state index is 0.936.